The Hall–Kier alpha value is -2.37. The van der Waals surface area contributed by atoms with Crippen LogP contribution in [0.25, 0.3) is 0 Å². The molecule has 0 bridgehead atoms. The van der Waals surface area contributed by atoms with E-state index in [9.17, 15) is 4.79 Å². The van der Waals surface area contributed by atoms with Gasteiger partial charge in [-0.25, -0.2) is 4.98 Å². The molecule has 1 N–H and O–H groups in total. The molecule has 1 aliphatic rings. The molecule has 1 aromatic heterocycles. The van der Waals surface area contributed by atoms with Crippen LogP contribution in [0.1, 0.15) is 43.9 Å². The molecule has 2 aromatic rings. The summed E-state index contributed by atoms with van der Waals surface area (Å²) >= 11 is 0. The second-order valence-electron chi connectivity index (χ2n) is 7.73. The van der Waals surface area contributed by atoms with Crippen molar-refractivity contribution in [3.8, 4) is 5.75 Å². The highest BCUT2D eigenvalue weighted by molar-refractivity contribution is 5.93. The summed E-state index contributed by atoms with van der Waals surface area (Å²) in [6, 6.07) is 7.87. The van der Waals surface area contributed by atoms with Crippen molar-refractivity contribution < 1.29 is 9.53 Å². The van der Waals surface area contributed by atoms with Crippen LogP contribution in [0.3, 0.4) is 0 Å². The van der Waals surface area contributed by atoms with E-state index in [1.807, 2.05) is 42.8 Å². The number of aromatic nitrogens is 3. The van der Waals surface area contributed by atoms with E-state index in [0.29, 0.717) is 6.54 Å². The molecule has 1 atom stereocenters. The van der Waals surface area contributed by atoms with Crippen molar-refractivity contribution in [1.29, 1.82) is 0 Å². The summed E-state index contributed by atoms with van der Waals surface area (Å²) < 4.78 is 7.12. The quantitative estimate of drug-likeness (QED) is 0.775. The lowest BCUT2D eigenvalue weighted by Gasteiger charge is -2.21. The highest BCUT2D eigenvalue weighted by Crippen LogP contribution is 2.64. The number of rotatable bonds is 7. The first-order valence-corrected chi connectivity index (χ1v) is 9.11. The molecule has 0 radical (unpaired) electrons. The number of nitrogens with zero attached hydrogens (tertiary/aromatic N) is 3. The Balaban J connectivity index is 1.62. The number of carbonyl (C=O) groups excluding carboxylic acids is 1. The standard InChI is InChI=1S/C20H28N4O2/c1-14-22-15(2)24(23-14)12-6-11-21-18(25)20(13-19(20,3)4)16-7-9-17(26-5)10-8-16/h7-10H,6,11-13H2,1-5H3,(H,21,25)/t20-/m1/s1. The Morgan fingerprint density at radius 1 is 1.27 bits per heavy atom. The van der Waals surface area contributed by atoms with Crippen molar-refractivity contribution in [2.24, 2.45) is 5.41 Å². The average molecular weight is 356 g/mol. The number of methoxy groups -OCH3 is 1. The fourth-order valence-corrected chi connectivity index (χ4v) is 3.86. The number of benzene rings is 1. The zero-order chi connectivity index (χ0) is 18.9. The van der Waals surface area contributed by atoms with Crippen molar-refractivity contribution in [2.75, 3.05) is 13.7 Å². The molecular formula is C20H28N4O2. The SMILES string of the molecule is COc1ccc([C@@]2(C(=O)NCCCn3nc(C)nc3C)CC2(C)C)cc1. The second-order valence-corrected chi connectivity index (χ2v) is 7.73. The largest absolute Gasteiger partial charge is 0.497 e. The van der Waals surface area contributed by atoms with Crippen LogP contribution in [0.5, 0.6) is 5.75 Å². The minimum absolute atomic E-state index is 0.0364. The molecule has 0 aliphatic heterocycles. The molecular weight excluding hydrogens is 328 g/mol. The minimum Gasteiger partial charge on any atom is -0.497 e. The first-order valence-electron chi connectivity index (χ1n) is 9.11. The zero-order valence-electron chi connectivity index (χ0n) is 16.3. The van der Waals surface area contributed by atoms with E-state index >= 15 is 0 Å². The topological polar surface area (TPSA) is 69.0 Å². The average Bonchev–Trinajstić information content (AvgIpc) is 3.06. The third-order valence-electron chi connectivity index (χ3n) is 5.50. The maximum absolute atomic E-state index is 13.0. The summed E-state index contributed by atoms with van der Waals surface area (Å²) in [7, 11) is 1.65. The minimum atomic E-state index is -0.445. The number of hydrogen-bond acceptors (Lipinski definition) is 4. The van der Waals surface area contributed by atoms with Crippen LogP contribution < -0.4 is 10.1 Å². The molecule has 6 nitrogen and oxygen atoms in total. The van der Waals surface area contributed by atoms with Gasteiger partial charge in [0.15, 0.2) is 0 Å². The van der Waals surface area contributed by atoms with Crippen LogP contribution in [0.15, 0.2) is 24.3 Å². The highest BCUT2D eigenvalue weighted by Gasteiger charge is 2.66. The molecule has 1 aromatic carbocycles. The van der Waals surface area contributed by atoms with Crippen LogP contribution in [-0.4, -0.2) is 34.3 Å². The lowest BCUT2D eigenvalue weighted by atomic mass is 9.87. The summed E-state index contributed by atoms with van der Waals surface area (Å²) in [6.07, 6.45) is 1.69. The predicted molar refractivity (Wildman–Crippen MR) is 100 cm³/mol. The van der Waals surface area contributed by atoms with E-state index < -0.39 is 5.41 Å². The van der Waals surface area contributed by atoms with E-state index in [0.717, 1.165) is 42.3 Å². The van der Waals surface area contributed by atoms with Crippen LogP contribution in [0, 0.1) is 19.3 Å². The van der Waals surface area contributed by atoms with Gasteiger partial charge in [0.1, 0.15) is 17.4 Å². The molecule has 0 unspecified atom stereocenters. The first-order chi connectivity index (χ1) is 12.3. The Morgan fingerprint density at radius 3 is 2.42 bits per heavy atom. The molecule has 1 aliphatic carbocycles. The maximum Gasteiger partial charge on any atom is 0.231 e. The van der Waals surface area contributed by atoms with Gasteiger partial charge in [0.05, 0.1) is 12.5 Å². The van der Waals surface area contributed by atoms with Gasteiger partial charge in [0.2, 0.25) is 5.91 Å². The number of amides is 1. The number of hydrogen-bond donors (Lipinski definition) is 1. The second kappa shape index (κ2) is 6.74. The van der Waals surface area contributed by atoms with Gasteiger partial charge >= 0.3 is 0 Å². The molecule has 1 fully saturated rings. The molecule has 1 amide bonds. The van der Waals surface area contributed by atoms with Gasteiger partial charge in [-0.3, -0.25) is 9.48 Å². The summed E-state index contributed by atoms with van der Waals surface area (Å²) in [6.45, 7) is 9.52. The number of nitrogens with one attached hydrogen (secondary N) is 1. The fraction of sp³-hybridized carbons (Fsp3) is 0.550. The Kier molecular flexibility index (Phi) is 4.78. The summed E-state index contributed by atoms with van der Waals surface area (Å²) in [4.78, 5) is 17.3. The number of aryl methyl sites for hydroxylation is 3. The fourth-order valence-electron chi connectivity index (χ4n) is 3.86. The smallest absolute Gasteiger partial charge is 0.231 e. The van der Waals surface area contributed by atoms with Crippen molar-refractivity contribution in [1.82, 2.24) is 20.1 Å². The molecule has 1 saturated carbocycles. The highest BCUT2D eigenvalue weighted by atomic mass is 16.5. The van der Waals surface area contributed by atoms with E-state index in [-0.39, 0.29) is 11.3 Å². The summed E-state index contributed by atoms with van der Waals surface area (Å²) in [5, 5.41) is 7.49. The van der Waals surface area contributed by atoms with Gasteiger partial charge in [0, 0.05) is 13.1 Å². The Labute approximate surface area is 155 Å². The van der Waals surface area contributed by atoms with Gasteiger partial charge in [-0.1, -0.05) is 26.0 Å². The molecule has 0 saturated heterocycles. The summed E-state index contributed by atoms with van der Waals surface area (Å²) in [5.41, 5.74) is 0.577. The van der Waals surface area contributed by atoms with Crippen LogP contribution in [0.4, 0.5) is 0 Å². The van der Waals surface area contributed by atoms with Gasteiger partial charge in [-0.05, 0) is 49.8 Å². The molecule has 3 rings (SSSR count). The van der Waals surface area contributed by atoms with Gasteiger partial charge < -0.3 is 10.1 Å². The first kappa shape index (κ1) is 18.4. The van der Waals surface area contributed by atoms with Crippen LogP contribution >= 0.6 is 0 Å². The molecule has 6 heteroatoms. The number of carbonyl (C=O) groups is 1. The van der Waals surface area contributed by atoms with Gasteiger partial charge in [-0.15, -0.1) is 0 Å². The normalized spacial score (nSPS) is 20.7. The zero-order valence-corrected chi connectivity index (χ0v) is 16.3. The van der Waals surface area contributed by atoms with Crippen LogP contribution in [-0.2, 0) is 16.8 Å². The predicted octanol–water partition coefficient (Wildman–Crippen LogP) is 2.78. The van der Waals surface area contributed by atoms with Crippen molar-refractivity contribution in [3.63, 3.8) is 0 Å². The lowest BCUT2D eigenvalue weighted by Crippen LogP contribution is -2.38. The third kappa shape index (κ3) is 3.20. The van der Waals surface area contributed by atoms with Gasteiger partial charge in [0.25, 0.3) is 0 Å². The molecule has 26 heavy (non-hydrogen) atoms. The Morgan fingerprint density at radius 2 is 1.92 bits per heavy atom. The van der Waals surface area contributed by atoms with Crippen molar-refractivity contribution in [3.05, 3.63) is 41.5 Å². The Bertz CT molecular complexity index is 795. The number of ether oxygens (including phenoxy) is 1. The van der Waals surface area contributed by atoms with E-state index in [2.05, 4.69) is 29.2 Å². The van der Waals surface area contributed by atoms with Crippen LogP contribution in [0.2, 0.25) is 0 Å². The monoisotopic (exact) mass is 356 g/mol. The van der Waals surface area contributed by atoms with Crippen molar-refractivity contribution >= 4 is 5.91 Å². The maximum atomic E-state index is 13.0. The van der Waals surface area contributed by atoms with E-state index in [1.54, 1.807) is 7.11 Å². The molecule has 1 heterocycles. The molecule has 140 valence electrons. The van der Waals surface area contributed by atoms with Crippen molar-refractivity contribution in [2.45, 2.75) is 52.5 Å². The lowest BCUT2D eigenvalue weighted by molar-refractivity contribution is -0.124. The third-order valence-corrected chi connectivity index (χ3v) is 5.50. The van der Waals surface area contributed by atoms with E-state index in [1.165, 1.54) is 0 Å². The molecule has 0 spiro atoms. The van der Waals surface area contributed by atoms with Gasteiger partial charge in [-0.2, -0.15) is 5.10 Å². The van der Waals surface area contributed by atoms with E-state index in [4.69, 9.17) is 4.74 Å². The summed E-state index contributed by atoms with van der Waals surface area (Å²) in [5.74, 6) is 2.61.